The Labute approximate surface area is 522 Å². The van der Waals surface area contributed by atoms with Crippen molar-refractivity contribution in [1.82, 2.24) is 0 Å². The first-order valence-electron chi connectivity index (χ1n) is 24.7. The summed E-state index contributed by atoms with van der Waals surface area (Å²) < 4.78 is 32.8. The van der Waals surface area contributed by atoms with Gasteiger partial charge in [-0.2, -0.15) is 0 Å². The fourth-order valence-corrected chi connectivity index (χ4v) is 6.79. The van der Waals surface area contributed by atoms with Crippen LogP contribution in [-0.4, -0.2) is 102 Å². The van der Waals surface area contributed by atoms with E-state index < -0.39 is 24.1 Å². The molecule has 0 bridgehead atoms. The van der Waals surface area contributed by atoms with Crippen molar-refractivity contribution in [2.45, 2.75) is 118 Å². The predicted octanol–water partition coefficient (Wildman–Crippen LogP) is 15.6. The predicted molar refractivity (Wildman–Crippen MR) is 334 cm³/mol. The number of unbranched alkanes of at least 4 members (excludes halogenated alkanes) is 1. The molecule has 0 unspecified atom stereocenters. The fourth-order valence-electron chi connectivity index (χ4n) is 5.05. The number of aliphatic hydroxyl groups is 4. The summed E-state index contributed by atoms with van der Waals surface area (Å²) in [5.74, 6) is 10.1. The van der Waals surface area contributed by atoms with E-state index in [0.717, 1.165) is 57.9 Å². The molecule has 0 fully saturated rings. The number of carbonyl (C=O) groups excluding carboxylic acids is 2. The smallest absolute Gasteiger partial charge is 0.346 e. The summed E-state index contributed by atoms with van der Waals surface area (Å²) in [6.45, 7) is 14.4. The maximum atomic E-state index is 11.1. The minimum atomic E-state index is -0.995. The molecule has 442 valence electrons. The lowest BCUT2D eigenvalue weighted by molar-refractivity contribution is -0.149. The molecular weight excluding hydrogens is 1330 g/mol. The number of terminal acetylenes is 1. The summed E-state index contributed by atoms with van der Waals surface area (Å²) in [7, 11) is 2.55. The molecule has 80 heavy (non-hydrogen) atoms. The Hall–Kier alpha value is -4.11. The number of benzene rings is 5. The lowest BCUT2D eigenvalue weighted by atomic mass is 10.1. The number of esters is 2. The van der Waals surface area contributed by atoms with E-state index in [-0.39, 0.29) is 43.9 Å². The highest BCUT2D eigenvalue weighted by atomic mass is 79.9. The molecule has 0 spiro atoms. The zero-order chi connectivity index (χ0) is 61.3. The molecule has 13 nitrogen and oxygen atoms in total. The Morgan fingerprint density at radius 3 is 1.34 bits per heavy atom. The number of methoxy groups -OCH3 is 2. The summed E-state index contributed by atoms with van der Waals surface area (Å²) in [6.07, 6.45) is 7.34. The third kappa shape index (κ3) is 36.4. The molecule has 0 aliphatic rings. The van der Waals surface area contributed by atoms with Crippen LogP contribution in [0.2, 0.25) is 25.1 Å². The first-order chi connectivity index (χ1) is 37.8. The van der Waals surface area contributed by atoms with Gasteiger partial charge >= 0.3 is 11.9 Å². The highest BCUT2D eigenvalue weighted by molar-refractivity contribution is 9.11. The summed E-state index contributed by atoms with van der Waals surface area (Å²) in [5, 5.41) is 47.0. The molecule has 5 rings (SSSR count). The van der Waals surface area contributed by atoms with Crippen molar-refractivity contribution in [3.63, 3.8) is 0 Å². The molecule has 21 heteroatoms. The van der Waals surface area contributed by atoms with Crippen LogP contribution in [0, 0.1) is 24.2 Å². The highest BCUT2D eigenvalue weighted by Crippen LogP contribution is 2.31. The maximum Gasteiger partial charge on any atom is 0.346 e. The second-order valence-corrected chi connectivity index (χ2v) is 21.0. The Kier molecular flexibility index (Phi) is 45.2. The number of aryl methyl sites for hydroxylation is 1. The van der Waals surface area contributed by atoms with Crippen LogP contribution < -0.4 is 18.9 Å². The van der Waals surface area contributed by atoms with Gasteiger partial charge in [0.2, 0.25) is 0 Å². The van der Waals surface area contributed by atoms with E-state index in [1.807, 2.05) is 51.1 Å². The first-order valence-corrected chi connectivity index (χ1v) is 29.0. The van der Waals surface area contributed by atoms with Gasteiger partial charge in [-0.1, -0.05) is 103 Å². The highest BCUT2D eigenvalue weighted by Gasteiger charge is 2.16. The Bertz CT molecular complexity index is 2660. The normalized spacial score (nSPS) is 11.6. The van der Waals surface area contributed by atoms with Gasteiger partial charge in [0, 0.05) is 44.0 Å². The van der Waals surface area contributed by atoms with Crippen molar-refractivity contribution in [3.05, 3.63) is 141 Å². The number of phenols is 1. The van der Waals surface area contributed by atoms with Crippen LogP contribution in [0.5, 0.6) is 28.7 Å². The third-order valence-corrected chi connectivity index (χ3v) is 12.4. The van der Waals surface area contributed by atoms with Crippen LogP contribution in [0.1, 0.15) is 92.2 Å². The molecule has 0 saturated carbocycles. The van der Waals surface area contributed by atoms with Crippen LogP contribution >= 0.6 is 106 Å². The zero-order valence-corrected chi connectivity index (χ0v) is 54.8. The first kappa shape index (κ1) is 78.0. The SMILES string of the molecule is C#CCC.CCC#Cc1ccc(Cl)cc1O[C@H](C)CO.CCCCc1ccc(Cl)cc1O[C@H](C)CO.COC(=O)[C@@H](C)Oc1cc(Cl)ccc1Br.COC(=O)[C@H](C)O.C[C@H](CO)Oc1cc(Cl)ccc1Br.Oc1cc(Cl)ccc1Br. The number of rotatable bonds is 16. The van der Waals surface area contributed by atoms with Gasteiger partial charge in [0.25, 0.3) is 0 Å². The molecule has 0 aromatic heterocycles. The molecule has 5 N–H and O–H groups in total. The van der Waals surface area contributed by atoms with Crippen molar-refractivity contribution < 1.29 is 63.5 Å². The fraction of sp³-hybridized carbons (Fsp3) is 0.390. The zero-order valence-electron chi connectivity index (χ0n) is 46.3. The molecule has 0 aliphatic heterocycles. The van der Waals surface area contributed by atoms with Crippen LogP contribution in [0.15, 0.2) is 104 Å². The van der Waals surface area contributed by atoms with E-state index in [1.54, 1.807) is 75.4 Å². The van der Waals surface area contributed by atoms with Gasteiger partial charge in [0.05, 0.1) is 53.0 Å². The number of ether oxygens (including phenoxy) is 6. The summed E-state index contributed by atoms with van der Waals surface area (Å²) >= 11 is 38.7. The second-order valence-electron chi connectivity index (χ2n) is 16.3. The van der Waals surface area contributed by atoms with E-state index in [1.165, 1.54) is 27.2 Å². The Morgan fingerprint density at radius 1 is 0.562 bits per heavy atom. The van der Waals surface area contributed by atoms with Gasteiger partial charge in [-0.3, -0.25) is 0 Å². The molecule has 5 aromatic rings. The molecule has 5 aromatic carbocycles. The monoisotopic (exact) mass is 1400 g/mol. The number of carbonyl (C=O) groups is 2. The van der Waals surface area contributed by atoms with Gasteiger partial charge in [-0.15, -0.1) is 12.3 Å². The van der Waals surface area contributed by atoms with Crippen LogP contribution in [-0.2, 0) is 25.5 Å². The second kappa shape index (κ2) is 46.4. The number of phenolic OH excluding ortho intramolecular Hbond substituents is 1. The van der Waals surface area contributed by atoms with Crippen LogP contribution in [0.3, 0.4) is 0 Å². The van der Waals surface area contributed by atoms with Gasteiger partial charge in [-0.05, 0) is 180 Å². The lowest BCUT2D eigenvalue weighted by Crippen LogP contribution is -2.25. The number of halogens is 8. The van der Waals surface area contributed by atoms with Crippen molar-refractivity contribution in [1.29, 1.82) is 0 Å². The molecule has 0 saturated heterocycles. The number of aliphatic hydroxyl groups excluding tert-OH is 4. The molecule has 0 amide bonds. The van der Waals surface area contributed by atoms with Crippen molar-refractivity contribution >= 4 is 118 Å². The van der Waals surface area contributed by atoms with E-state index in [4.69, 9.17) is 109 Å². The van der Waals surface area contributed by atoms with Crippen molar-refractivity contribution in [3.8, 4) is 52.9 Å². The molecule has 5 atom stereocenters. The molecular formula is C59H72Br3Cl5O13. The number of hydrogen-bond acceptors (Lipinski definition) is 13. The minimum Gasteiger partial charge on any atom is -0.507 e. The minimum absolute atomic E-state index is 0.0136. The molecule has 0 radical (unpaired) electrons. The summed E-state index contributed by atoms with van der Waals surface area (Å²) in [5.41, 5.74) is 1.96. The average Bonchev–Trinajstić information content (AvgIpc) is 3.43. The van der Waals surface area contributed by atoms with Gasteiger partial charge in [0.1, 0.15) is 53.2 Å². The van der Waals surface area contributed by atoms with Gasteiger partial charge < -0.3 is 54.0 Å². The third-order valence-electron chi connectivity index (χ3n) is 9.21. The average molecular weight is 1410 g/mol. The number of hydrogen-bond donors (Lipinski definition) is 5. The lowest BCUT2D eigenvalue weighted by Gasteiger charge is -2.16. The largest absolute Gasteiger partial charge is 0.507 e. The van der Waals surface area contributed by atoms with E-state index >= 15 is 0 Å². The Balaban J connectivity index is 0. The number of aromatic hydroxyl groups is 1. The molecule has 0 aliphatic carbocycles. The topological polar surface area (TPSA) is 191 Å². The standard InChI is InChI=1S/C13H19ClO2.C13H15ClO2.C10H10BrClO3.C9H10BrClO2.C6H4BrClO.C4H8O3.C4H6/c2*1-3-4-5-11-6-7-12(14)8-13(11)16-10(2)9-15;1-6(10(13)14-2)15-9-5-7(12)3-4-8(9)11;1-6(5-12)13-9-4-7(11)2-3-8(9)10;7-5-2-1-4(8)3-6(5)9;1-3(5)4(6)7-2;1-3-4-2/h6-8,10,15H,3-5,9H2,1-2H3;6-8,10,15H,3,9H2,1-2H3;3-6H,1-2H3;2-4,6,12H,5H2,1H3;1-3,9H;3,5H,1-2H3;1H,4H2,2H3/t2*10-;2*6-;;3-;/m1111.0./s1. The van der Waals surface area contributed by atoms with Crippen LogP contribution in [0.25, 0.3) is 0 Å². The van der Waals surface area contributed by atoms with Crippen molar-refractivity contribution in [2.75, 3.05) is 34.0 Å². The van der Waals surface area contributed by atoms with Crippen molar-refractivity contribution in [2.24, 2.45) is 0 Å². The van der Waals surface area contributed by atoms with Crippen LogP contribution in [0.4, 0.5) is 0 Å². The van der Waals surface area contributed by atoms with E-state index in [0.29, 0.717) is 46.8 Å². The summed E-state index contributed by atoms with van der Waals surface area (Å²) in [4.78, 5) is 21.2. The Morgan fingerprint density at radius 2 is 0.950 bits per heavy atom. The summed E-state index contributed by atoms with van der Waals surface area (Å²) in [6, 6.07) is 26.3. The van der Waals surface area contributed by atoms with Gasteiger partial charge in [0.15, 0.2) is 6.10 Å². The van der Waals surface area contributed by atoms with E-state index in [2.05, 4.69) is 81.9 Å². The van der Waals surface area contributed by atoms with E-state index in [9.17, 15) is 9.59 Å². The maximum absolute atomic E-state index is 11.1. The van der Waals surface area contributed by atoms with Gasteiger partial charge in [-0.25, -0.2) is 9.59 Å². The molecule has 0 heterocycles. The quantitative estimate of drug-likeness (QED) is 0.0464.